The molecule has 0 amide bonds. The van der Waals surface area contributed by atoms with Crippen LogP contribution in [0.15, 0.2) is 25.3 Å². The van der Waals surface area contributed by atoms with Crippen LogP contribution in [0.2, 0.25) is 0 Å². The maximum Gasteiger partial charge on any atom is 0.303 e. The Balaban J connectivity index is 0. The third kappa shape index (κ3) is 30.3. The fraction of sp³-hybridized carbons (Fsp3) is 0.727. The molecule has 0 aliphatic carbocycles. The molecule has 0 atom stereocenters. The lowest BCUT2D eigenvalue weighted by molar-refractivity contribution is -0.138. The maximum atomic E-state index is 10.3. The van der Waals surface area contributed by atoms with Crippen LogP contribution in [0.3, 0.4) is 0 Å². The molecule has 4 heteroatoms. The fourth-order valence-corrected chi connectivity index (χ4v) is 2.54. The molecule has 0 bridgehead atoms. The Bertz CT molecular complexity index is 350. The number of hydrogen-bond acceptors (Lipinski definition) is 2. The monoisotopic (exact) mass is 368 g/mol. The fourth-order valence-electron chi connectivity index (χ4n) is 2.54. The van der Waals surface area contributed by atoms with E-state index in [0.717, 1.165) is 38.5 Å². The van der Waals surface area contributed by atoms with Crippen LogP contribution in [0, 0.1) is 0 Å². The summed E-state index contributed by atoms with van der Waals surface area (Å²) < 4.78 is 0. The second-order valence-electron chi connectivity index (χ2n) is 6.68. The highest BCUT2D eigenvalue weighted by atomic mass is 16.4. The Morgan fingerprint density at radius 2 is 0.808 bits per heavy atom. The number of unbranched alkanes of at least 4 members (excludes halogenated alkanes) is 12. The summed E-state index contributed by atoms with van der Waals surface area (Å²) in [6.07, 6.45) is 20.6. The zero-order valence-electron chi connectivity index (χ0n) is 16.6. The van der Waals surface area contributed by atoms with Crippen molar-refractivity contribution in [3.8, 4) is 0 Å². The molecule has 0 aliphatic heterocycles. The molecule has 0 saturated carbocycles. The highest BCUT2D eigenvalue weighted by molar-refractivity contribution is 5.66. The van der Waals surface area contributed by atoms with Crippen LogP contribution in [-0.2, 0) is 9.59 Å². The van der Waals surface area contributed by atoms with Gasteiger partial charge in [0.25, 0.3) is 0 Å². The normalized spacial score (nSPS) is 9.85. The van der Waals surface area contributed by atoms with Crippen LogP contribution >= 0.6 is 0 Å². The minimum Gasteiger partial charge on any atom is -0.481 e. The van der Waals surface area contributed by atoms with E-state index in [1.54, 1.807) is 0 Å². The molecule has 2 N–H and O–H groups in total. The zero-order chi connectivity index (χ0) is 19.9. The van der Waals surface area contributed by atoms with Crippen molar-refractivity contribution in [3.63, 3.8) is 0 Å². The predicted molar refractivity (Wildman–Crippen MR) is 110 cm³/mol. The maximum absolute atomic E-state index is 10.3. The topological polar surface area (TPSA) is 74.6 Å². The first-order valence-corrected chi connectivity index (χ1v) is 10.2. The number of aliphatic carboxylic acids is 2. The van der Waals surface area contributed by atoms with Crippen LogP contribution in [0.25, 0.3) is 0 Å². The van der Waals surface area contributed by atoms with Gasteiger partial charge in [-0.05, 0) is 38.5 Å². The lowest BCUT2D eigenvalue weighted by atomic mass is 10.1. The molecule has 26 heavy (non-hydrogen) atoms. The van der Waals surface area contributed by atoms with Crippen molar-refractivity contribution in [2.24, 2.45) is 0 Å². The van der Waals surface area contributed by atoms with Gasteiger partial charge in [0, 0.05) is 12.8 Å². The van der Waals surface area contributed by atoms with E-state index in [2.05, 4.69) is 13.2 Å². The van der Waals surface area contributed by atoms with Gasteiger partial charge in [-0.1, -0.05) is 63.5 Å². The smallest absolute Gasteiger partial charge is 0.303 e. The predicted octanol–water partition coefficient (Wildman–Crippen LogP) is 6.76. The second-order valence-corrected chi connectivity index (χ2v) is 6.68. The molecule has 0 spiro atoms. The summed E-state index contributed by atoms with van der Waals surface area (Å²) in [7, 11) is 0. The van der Waals surface area contributed by atoms with Crippen LogP contribution in [0.4, 0.5) is 0 Å². The van der Waals surface area contributed by atoms with Gasteiger partial charge in [0.1, 0.15) is 0 Å². The molecule has 0 aromatic rings. The lowest BCUT2D eigenvalue weighted by Gasteiger charge is -2.01. The van der Waals surface area contributed by atoms with Gasteiger partial charge in [-0.15, -0.1) is 13.2 Å². The summed E-state index contributed by atoms with van der Waals surface area (Å²) in [4.78, 5) is 20.2. The van der Waals surface area contributed by atoms with E-state index < -0.39 is 11.9 Å². The number of carboxylic acids is 2. The van der Waals surface area contributed by atoms with E-state index in [-0.39, 0.29) is 6.42 Å². The van der Waals surface area contributed by atoms with E-state index in [1.807, 2.05) is 12.2 Å². The van der Waals surface area contributed by atoms with Gasteiger partial charge >= 0.3 is 11.9 Å². The summed E-state index contributed by atoms with van der Waals surface area (Å²) in [5.41, 5.74) is 0. The van der Waals surface area contributed by atoms with Gasteiger partial charge in [0.05, 0.1) is 0 Å². The Labute approximate surface area is 160 Å². The highest BCUT2D eigenvalue weighted by Crippen LogP contribution is 2.11. The van der Waals surface area contributed by atoms with Crippen molar-refractivity contribution in [2.45, 2.75) is 103 Å². The lowest BCUT2D eigenvalue weighted by Crippen LogP contribution is -1.93. The molecule has 0 heterocycles. The summed E-state index contributed by atoms with van der Waals surface area (Å²) in [6, 6.07) is 0. The molecule has 0 aliphatic rings. The van der Waals surface area contributed by atoms with Crippen molar-refractivity contribution in [2.75, 3.05) is 0 Å². The summed E-state index contributed by atoms with van der Waals surface area (Å²) in [5.74, 6) is -1.37. The minimum atomic E-state index is -0.709. The van der Waals surface area contributed by atoms with E-state index in [0.29, 0.717) is 6.42 Å². The van der Waals surface area contributed by atoms with Gasteiger partial charge in [-0.25, -0.2) is 0 Å². The van der Waals surface area contributed by atoms with Crippen LogP contribution in [0.5, 0.6) is 0 Å². The standard InChI is InChI=1S/C15H28O2.C7H12O2/c1-2-3-4-5-6-7-8-9-10-11-12-13-14-15(16)17;1-2-3-4-5-6-7(8)9/h2H,1,3-14H2,(H,16,17);2H,1,3-6H2,(H,8,9). The number of carboxylic acid groups (broad SMARTS) is 2. The van der Waals surface area contributed by atoms with Gasteiger partial charge in [0.15, 0.2) is 0 Å². The van der Waals surface area contributed by atoms with Crippen molar-refractivity contribution in [1.29, 1.82) is 0 Å². The molecule has 0 rings (SSSR count). The molecule has 0 radical (unpaired) electrons. The summed E-state index contributed by atoms with van der Waals surface area (Å²) in [5, 5.41) is 16.7. The first-order valence-electron chi connectivity index (χ1n) is 10.2. The number of hydrogen-bond donors (Lipinski definition) is 2. The Morgan fingerprint density at radius 3 is 1.15 bits per heavy atom. The quantitative estimate of drug-likeness (QED) is 0.207. The Hall–Kier alpha value is -1.58. The van der Waals surface area contributed by atoms with Gasteiger partial charge in [-0.2, -0.15) is 0 Å². The number of allylic oxidation sites excluding steroid dienone is 2. The van der Waals surface area contributed by atoms with Gasteiger partial charge in [-0.3, -0.25) is 9.59 Å². The molecule has 152 valence electrons. The Kier molecular flexibility index (Phi) is 24.0. The first kappa shape index (κ1) is 26.6. The van der Waals surface area contributed by atoms with Gasteiger partial charge < -0.3 is 10.2 Å². The molecular formula is C22H40O4. The average Bonchev–Trinajstić information content (AvgIpc) is 2.60. The second kappa shape index (κ2) is 23.4. The highest BCUT2D eigenvalue weighted by Gasteiger charge is 1.96. The first-order chi connectivity index (χ1) is 12.5. The molecule has 0 fully saturated rings. The molecule has 0 saturated heterocycles. The Morgan fingerprint density at radius 1 is 0.538 bits per heavy atom. The van der Waals surface area contributed by atoms with E-state index in [1.165, 1.54) is 51.4 Å². The van der Waals surface area contributed by atoms with Crippen molar-refractivity contribution in [1.82, 2.24) is 0 Å². The third-order valence-corrected chi connectivity index (χ3v) is 4.10. The van der Waals surface area contributed by atoms with Crippen molar-refractivity contribution in [3.05, 3.63) is 25.3 Å². The molecular weight excluding hydrogens is 328 g/mol. The summed E-state index contributed by atoms with van der Waals surface area (Å²) in [6.45, 7) is 7.25. The number of carbonyl (C=O) groups is 2. The van der Waals surface area contributed by atoms with E-state index in [4.69, 9.17) is 10.2 Å². The minimum absolute atomic E-state index is 0.286. The largest absolute Gasteiger partial charge is 0.481 e. The van der Waals surface area contributed by atoms with E-state index in [9.17, 15) is 9.59 Å². The van der Waals surface area contributed by atoms with Crippen LogP contribution in [-0.4, -0.2) is 22.2 Å². The van der Waals surface area contributed by atoms with Crippen molar-refractivity contribution < 1.29 is 19.8 Å². The average molecular weight is 369 g/mol. The number of rotatable bonds is 18. The molecule has 0 unspecified atom stereocenters. The molecule has 0 aromatic carbocycles. The van der Waals surface area contributed by atoms with Crippen LogP contribution < -0.4 is 0 Å². The molecule has 0 aromatic heterocycles. The third-order valence-electron chi connectivity index (χ3n) is 4.10. The van der Waals surface area contributed by atoms with Crippen molar-refractivity contribution >= 4 is 11.9 Å². The SMILES string of the molecule is C=CCCCCC(=O)O.C=CCCCCCCCCCCCCC(=O)O. The van der Waals surface area contributed by atoms with Crippen LogP contribution in [0.1, 0.15) is 103 Å². The molecule has 4 nitrogen and oxygen atoms in total. The van der Waals surface area contributed by atoms with Gasteiger partial charge in [0.2, 0.25) is 0 Å². The summed E-state index contributed by atoms with van der Waals surface area (Å²) >= 11 is 0. The zero-order valence-corrected chi connectivity index (χ0v) is 16.6. The van der Waals surface area contributed by atoms with E-state index >= 15 is 0 Å².